The van der Waals surface area contributed by atoms with Gasteiger partial charge in [0.15, 0.2) is 0 Å². The zero-order valence-electron chi connectivity index (χ0n) is 10.3. The highest BCUT2D eigenvalue weighted by atomic mass is 32.1. The molecule has 0 aromatic rings. The van der Waals surface area contributed by atoms with Crippen molar-refractivity contribution in [2.75, 3.05) is 26.2 Å². The number of nitrogens with zero attached hydrogens (tertiary/aromatic N) is 1. The minimum Gasteiger partial charge on any atom is -0.393 e. The molecule has 0 radical (unpaired) electrons. The van der Waals surface area contributed by atoms with Gasteiger partial charge in [-0.05, 0) is 45.2 Å². The predicted molar refractivity (Wildman–Crippen MR) is 71.7 cm³/mol. The maximum Gasteiger partial charge on any atom is 0.0727 e. The zero-order valence-corrected chi connectivity index (χ0v) is 11.1. The first-order valence-corrected chi connectivity index (χ1v) is 6.75. The Morgan fingerprint density at radius 2 is 2.38 bits per heavy atom. The van der Waals surface area contributed by atoms with Crippen molar-refractivity contribution in [3.05, 3.63) is 0 Å². The molecule has 1 heterocycles. The van der Waals surface area contributed by atoms with Gasteiger partial charge in [-0.25, -0.2) is 0 Å². The van der Waals surface area contributed by atoms with Gasteiger partial charge in [0.05, 0.1) is 11.1 Å². The molecule has 16 heavy (non-hydrogen) atoms. The molecule has 1 aliphatic heterocycles. The van der Waals surface area contributed by atoms with Crippen LogP contribution in [0.4, 0.5) is 0 Å². The second-order valence-corrected chi connectivity index (χ2v) is 5.03. The molecule has 2 N–H and O–H groups in total. The smallest absolute Gasteiger partial charge is 0.0727 e. The van der Waals surface area contributed by atoms with E-state index in [9.17, 15) is 0 Å². The summed E-state index contributed by atoms with van der Waals surface area (Å²) in [5.74, 6) is 0. The van der Waals surface area contributed by atoms with Gasteiger partial charge in [0, 0.05) is 13.2 Å². The Bertz CT molecular complexity index is 211. The number of likely N-dealkylation sites (tertiary alicyclic amines) is 1. The maximum absolute atomic E-state index is 5.80. The molecule has 0 aromatic heterocycles. The van der Waals surface area contributed by atoms with Crippen LogP contribution in [0.2, 0.25) is 0 Å². The third-order valence-corrected chi connectivity index (χ3v) is 3.12. The van der Waals surface area contributed by atoms with Crippen molar-refractivity contribution in [3.8, 4) is 0 Å². The average molecular weight is 244 g/mol. The van der Waals surface area contributed by atoms with E-state index < -0.39 is 0 Å². The van der Waals surface area contributed by atoms with Crippen LogP contribution in [0, 0.1) is 0 Å². The zero-order chi connectivity index (χ0) is 11.8. The van der Waals surface area contributed by atoms with Gasteiger partial charge in [-0.2, -0.15) is 0 Å². The first-order chi connectivity index (χ1) is 7.72. The van der Waals surface area contributed by atoms with Crippen LogP contribution >= 0.6 is 12.2 Å². The van der Waals surface area contributed by atoms with Crippen molar-refractivity contribution in [2.45, 2.75) is 45.1 Å². The SMILES string of the molecule is CCCOC1CCCN(CCCC(N)=S)C1. The second kappa shape index (κ2) is 7.98. The van der Waals surface area contributed by atoms with E-state index in [0.717, 1.165) is 39.0 Å². The summed E-state index contributed by atoms with van der Waals surface area (Å²) in [6.45, 7) is 6.43. The van der Waals surface area contributed by atoms with Gasteiger partial charge >= 0.3 is 0 Å². The molecule has 4 heteroatoms. The molecular weight excluding hydrogens is 220 g/mol. The van der Waals surface area contributed by atoms with Crippen molar-refractivity contribution < 1.29 is 4.74 Å². The molecule has 1 unspecified atom stereocenters. The molecule has 1 rings (SSSR count). The highest BCUT2D eigenvalue weighted by Gasteiger charge is 2.19. The maximum atomic E-state index is 5.80. The highest BCUT2D eigenvalue weighted by Crippen LogP contribution is 2.14. The molecule has 3 nitrogen and oxygen atoms in total. The number of piperidine rings is 1. The van der Waals surface area contributed by atoms with Crippen LogP contribution in [0.1, 0.15) is 39.0 Å². The Morgan fingerprint density at radius 3 is 3.06 bits per heavy atom. The van der Waals surface area contributed by atoms with Crippen LogP contribution < -0.4 is 5.73 Å². The largest absolute Gasteiger partial charge is 0.393 e. The molecule has 0 spiro atoms. The molecule has 94 valence electrons. The van der Waals surface area contributed by atoms with Gasteiger partial charge in [0.25, 0.3) is 0 Å². The molecule has 0 aromatic carbocycles. The molecular formula is C12H24N2OS. The Hall–Kier alpha value is -0.190. The van der Waals surface area contributed by atoms with E-state index in [-0.39, 0.29) is 0 Å². The standard InChI is InChI=1S/C12H24N2OS/c1-2-9-15-11-5-3-7-14(10-11)8-4-6-12(13)16/h11H,2-10H2,1H3,(H2,13,16). The molecule has 1 saturated heterocycles. The van der Waals surface area contributed by atoms with Crippen LogP contribution in [0.25, 0.3) is 0 Å². The lowest BCUT2D eigenvalue weighted by atomic mass is 10.1. The van der Waals surface area contributed by atoms with Crippen LogP contribution in [0.15, 0.2) is 0 Å². The van der Waals surface area contributed by atoms with Gasteiger partial charge in [0.2, 0.25) is 0 Å². The van der Waals surface area contributed by atoms with E-state index in [0.29, 0.717) is 11.1 Å². The van der Waals surface area contributed by atoms with Crippen molar-refractivity contribution in [3.63, 3.8) is 0 Å². The van der Waals surface area contributed by atoms with E-state index in [1.54, 1.807) is 0 Å². The normalized spacial score (nSPS) is 22.2. The van der Waals surface area contributed by atoms with Crippen LogP contribution in [0.3, 0.4) is 0 Å². The summed E-state index contributed by atoms with van der Waals surface area (Å²) in [4.78, 5) is 3.11. The predicted octanol–water partition coefficient (Wildman–Crippen LogP) is 1.94. The minimum atomic E-state index is 0.443. The average Bonchev–Trinajstić information content (AvgIpc) is 2.26. The Kier molecular flexibility index (Phi) is 6.92. The quantitative estimate of drug-likeness (QED) is 0.695. The van der Waals surface area contributed by atoms with E-state index in [4.69, 9.17) is 22.7 Å². The minimum absolute atomic E-state index is 0.443. The van der Waals surface area contributed by atoms with E-state index in [1.807, 2.05) is 0 Å². The van der Waals surface area contributed by atoms with E-state index in [1.165, 1.54) is 19.4 Å². The Balaban J connectivity index is 2.14. The first-order valence-electron chi connectivity index (χ1n) is 6.34. The number of rotatable bonds is 7. The molecule has 0 saturated carbocycles. The fourth-order valence-corrected chi connectivity index (χ4v) is 2.26. The lowest BCUT2D eigenvalue weighted by molar-refractivity contribution is -0.0000813. The molecule has 0 aliphatic carbocycles. The fraction of sp³-hybridized carbons (Fsp3) is 0.917. The monoisotopic (exact) mass is 244 g/mol. The van der Waals surface area contributed by atoms with Gasteiger partial charge in [-0.3, -0.25) is 0 Å². The summed E-state index contributed by atoms with van der Waals surface area (Å²) in [6, 6.07) is 0. The number of thiocarbonyl (C=S) groups is 1. The molecule has 0 amide bonds. The Morgan fingerprint density at radius 1 is 1.56 bits per heavy atom. The topological polar surface area (TPSA) is 38.5 Å². The van der Waals surface area contributed by atoms with Gasteiger partial charge < -0.3 is 15.4 Å². The van der Waals surface area contributed by atoms with Gasteiger partial charge in [0.1, 0.15) is 0 Å². The molecule has 0 bridgehead atoms. The Labute approximate surface area is 104 Å². The van der Waals surface area contributed by atoms with Crippen LogP contribution in [-0.4, -0.2) is 42.2 Å². The van der Waals surface area contributed by atoms with Crippen LogP contribution in [0.5, 0.6) is 0 Å². The lowest BCUT2D eigenvalue weighted by Crippen LogP contribution is -2.40. The number of nitrogens with two attached hydrogens (primary N) is 1. The van der Waals surface area contributed by atoms with E-state index in [2.05, 4.69) is 11.8 Å². The summed E-state index contributed by atoms with van der Waals surface area (Å²) in [5.41, 5.74) is 5.49. The van der Waals surface area contributed by atoms with Gasteiger partial charge in [-0.15, -0.1) is 0 Å². The highest BCUT2D eigenvalue weighted by molar-refractivity contribution is 7.80. The van der Waals surface area contributed by atoms with Crippen molar-refractivity contribution >= 4 is 17.2 Å². The first kappa shape index (κ1) is 13.9. The van der Waals surface area contributed by atoms with Crippen molar-refractivity contribution in [2.24, 2.45) is 5.73 Å². The summed E-state index contributed by atoms with van der Waals surface area (Å²) >= 11 is 4.88. The fourth-order valence-electron chi connectivity index (χ4n) is 2.11. The van der Waals surface area contributed by atoms with Crippen molar-refractivity contribution in [1.82, 2.24) is 4.90 Å². The third-order valence-electron chi connectivity index (χ3n) is 2.92. The second-order valence-electron chi connectivity index (χ2n) is 4.51. The summed E-state index contributed by atoms with van der Waals surface area (Å²) in [7, 11) is 0. The lowest BCUT2D eigenvalue weighted by Gasteiger charge is -2.32. The molecule has 1 atom stereocenters. The number of hydrogen-bond acceptors (Lipinski definition) is 3. The number of hydrogen-bond donors (Lipinski definition) is 1. The summed E-state index contributed by atoms with van der Waals surface area (Å²) in [5, 5.41) is 0. The summed E-state index contributed by atoms with van der Waals surface area (Å²) < 4.78 is 5.80. The van der Waals surface area contributed by atoms with E-state index >= 15 is 0 Å². The third kappa shape index (κ3) is 5.77. The summed E-state index contributed by atoms with van der Waals surface area (Å²) in [6.07, 6.45) is 5.96. The molecule has 1 aliphatic rings. The number of ether oxygens (including phenoxy) is 1. The molecule has 1 fully saturated rings. The van der Waals surface area contributed by atoms with Crippen LogP contribution in [-0.2, 0) is 4.74 Å². The van der Waals surface area contributed by atoms with Gasteiger partial charge in [-0.1, -0.05) is 19.1 Å². The van der Waals surface area contributed by atoms with Crippen molar-refractivity contribution in [1.29, 1.82) is 0 Å².